The molecule has 3 aromatic heterocycles. The lowest BCUT2D eigenvalue weighted by Gasteiger charge is -2.10. The molecule has 0 radical (unpaired) electrons. The summed E-state index contributed by atoms with van der Waals surface area (Å²) >= 11 is 0. The first-order chi connectivity index (χ1) is 11.5. The van der Waals surface area contributed by atoms with Crippen molar-refractivity contribution >= 4 is 17.4 Å². The maximum absolute atomic E-state index is 13.4. The van der Waals surface area contributed by atoms with Gasteiger partial charge in [0.15, 0.2) is 0 Å². The Morgan fingerprint density at radius 3 is 2.36 bits per heavy atom. The largest absolute Gasteiger partial charge is 0.417 e. The lowest BCUT2D eigenvalue weighted by molar-refractivity contribution is -0.137. The minimum Gasteiger partial charge on any atom is -0.325 e. The second-order valence-corrected chi connectivity index (χ2v) is 5.37. The van der Waals surface area contributed by atoms with Gasteiger partial charge in [-0.1, -0.05) is 0 Å². The van der Waals surface area contributed by atoms with Crippen molar-refractivity contribution in [1.82, 2.24) is 24.6 Å². The Labute approximate surface area is 137 Å². The van der Waals surface area contributed by atoms with Crippen molar-refractivity contribution in [2.24, 2.45) is 0 Å². The summed E-state index contributed by atoms with van der Waals surface area (Å²) in [6, 6.07) is 3.46. The number of aromatic nitrogens is 5. The van der Waals surface area contributed by atoms with Gasteiger partial charge in [0.2, 0.25) is 5.82 Å². The molecule has 0 amide bonds. The summed E-state index contributed by atoms with van der Waals surface area (Å²) in [7, 11) is 0. The third-order valence-corrected chi connectivity index (χ3v) is 3.18. The Bertz CT molecular complexity index is 910. The number of nitrogens with one attached hydrogen (secondary N) is 1. The fourth-order valence-electron chi connectivity index (χ4n) is 2.03. The standard InChI is InChI=1S/C14H11F5N6/c1-7-5-10(22-9-4-3-8(6-20-9)14(17,18)19)25-12(21-7)23-11(24-25)13(2,15)16/h3-6H,1-2H3,(H,20,22). The quantitative estimate of drug-likeness (QED) is 0.723. The molecule has 0 aromatic carbocycles. The highest BCUT2D eigenvalue weighted by atomic mass is 19.4. The van der Waals surface area contributed by atoms with E-state index in [1.54, 1.807) is 6.92 Å². The molecule has 3 aromatic rings. The zero-order chi connectivity index (χ0) is 18.4. The Morgan fingerprint density at radius 2 is 1.80 bits per heavy atom. The number of halogens is 5. The molecule has 3 rings (SSSR count). The van der Waals surface area contributed by atoms with Crippen LogP contribution >= 0.6 is 0 Å². The number of alkyl halides is 5. The molecule has 0 bridgehead atoms. The number of nitrogens with zero attached hydrogens (tertiary/aromatic N) is 5. The molecule has 0 saturated carbocycles. The van der Waals surface area contributed by atoms with E-state index in [9.17, 15) is 22.0 Å². The van der Waals surface area contributed by atoms with Gasteiger partial charge in [0, 0.05) is 24.9 Å². The first kappa shape index (κ1) is 17.0. The summed E-state index contributed by atoms with van der Waals surface area (Å²) in [6.07, 6.45) is -3.83. The maximum Gasteiger partial charge on any atom is 0.417 e. The Hall–Kier alpha value is -2.85. The number of anilines is 2. The highest BCUT2D eigenvalue weighted by molar-refractivity contribution is 5.55. The summed E-state index contributed by atoms with van der Waals surface area (Å²) < 4.78 is 65.5. The first-order valence-electron chi connectivity index (χ1n) is 6.97. The zero-order valence-corrected chi connectivity index (χ0v) is 12.9. The van der Waals surface area contributed by atoms with E-state index >= 15 is 0 Å². The number of aryl methyl sites for hydroxylation is 1. The molecule has 132 valence electrons. The van der Waals surface area contributed by atoms with Gasteiger partial charge < -0.3 is 5.32 Å². The highest BCUT2D eigenvalue weighted by Crippen LogP contribution is 2.29. The van der Waals surface area contributed by atoms with Crippen molar-refractivity contribution in [3.63, 3.8) is 0 Å². The number of rotatable bonds is 3. The Kier molecular flexibility index (Phi) is 3.81. The molecular formula is C14H11F5N6. The van der Waals surface area contributed by atoms with Crippen LogP contribution in [0.5, 0.6) is 0 Å². The normalized spacial score (nSPS) is 12.6. The molecule has 0 spiro atoms. The number of hydrogen-bond donors (Lipinski definition) is 1. The first-order valence-corrected chi connectivity index (χ1v) is 6.97. The van der Waals surface area contributed by atoms with Gasteiger partial charge in [-0.3, -0.25) is 0 Å². The van der Waals surface area contributed by atoms with E-state index in [-0.39, 0.29) is 17.4 Å². The van der Waals surface area contributed by atoms with E-state index in [4.69, 9.17) is 0 Å². The van der Waals surface area contributed by atoms with Crippen molar-refractivity contribution in [2.45, 2.75) is 25.9 Å². The second kappa shape index (κ2) is 5.60. The molecule has 0 atom stereocenters. The van der Waals surface area contributed by atoms with Crippen LogP contribution in [0.2, 0.25) is 0 Å². The smallest absolute Gasteiger partial charge is 0.325 e. The fraction of sp³-hybridized carbons (Fsp3) is 0.286. The van der Waals surface area contributed by atoms with Gasteiger partial charge in [-0.25, -0.2) is 9.97 Å². The Balaban J connectivity index is 1.99. The molecule has 6 nitrogen and oxygen atoms in total. The van der Waals surface area contributed by atoms with Gasteiger partial charge in [-0.15, -0.1) is 5.10 Å². The van der Waals surface area contributed by atoms with Gasteiger partial charge in [-0.05, 0) is 19.1 Å². The van der Waals surface area contributed by atoms with Crippen LogP contribution in [0.15, 0.2) is 24.4 Å². The van der Waals surface area contributed by atoms with Crippen molar-refractivity contribution in [3.05, 3.63) is 41.5 Å². The van der Waals surface area contributed by atoms with Crippen molar-refractivity contribution in [3.8, 4) is 0 Å². The average Bonchev–Trinajstić information content (AvgIpc) is 2.91. The van der Waals surface area contributed by atoms with Gasteiger partial charge in [-0.2, -0.15) is 31.5 Å². The summed E-state index contributed by atoms with van der Waals surface area (Å²) in [4.78, 5) is 11.4. The van der Waals surface area contributed by atoms with Crippen molar-refractivity contribution < 1.29 is 22.0 Å². The second-order valence-electron chi connectivity index (χ2n) is 5.37. The summed E-state index contributed by atoms with van der Waals surface area (Å²) in [5, 5.41) is 6.43. The minimum atomic E-state index is -4.50. The predicted molar refractivity (Wildman–Crippen MR) is 77.6 cm³/mol. The summed E-state index contributed by atoms with van der Waals surface area (Å²) in [6.45, 7) is 2.27. The van der Waals surface area contributed by atoms with E-state index in [1.807, 2.05) is 0 Å². The van der Waals surface area contributed by atoms with Crippen LogP contribution in [0, 0.1) is 6.92 Å². The average molecular weight is 358 g/mol. The predicted octanol–water partition coefficient (Wildman–Crippen LogP) is 3.70. The molecule has 11 heteroatoms. The van der Waals surface area contributed by atoms with Crippen molar-refractivity contribution in [2.75, 3.05) is 5.32 Å². The third kappa shape index (κ3) is 3.49. The highest BCUT2D eigenvalue weighted by Gasteiger charge is 2.31. The molecular weight excluding hydrogens is 347 g/mol. The lowest BCUT2D eigenvalue weighted by Crippen LogP contribution is -2.10. The van der Waals surface area contributed by atoms with Crippen LogP contribution < -0.4 is 5.32 Å². The topological polar surface area (TPSA) is 68.0 Å². The van der Waals surface area contributed by atoms with Crippen LogP contribution in [0.3, 0.4) is 0 Å². The molecule has 0 fully saturated rings. The molecule has 3 heterocycles. The van der Waals surface area contributed by atoms with Gasteiger partial charge >= 0.3 is 12.1 Å². The minimum absolute atomic E-state index is 0.0639. The van der Waals surface area contributed by atoms with Gasteiger partial charge in [0.05, 0.1) is 5.56 Å². The summed E-state index contributed by atoms with van der Waals surface area (Å²) in [5.74, 6) is -3.76. The van der Waals surface area contributed by atoms with E-state index < -0.39 is 23.5 Å². The fourth-order valence-corrected chi connectivity index (χ4v) is 2.03. The molecule has 0 unspecified atom stereocenters. The lowest BCUT2D eigenvalue weighted by atomic mass is 10.3. The summed E-state index contributed by atoms with van der Waals surface area (Å²) in [5.41, 5.74) is -0.442. The van der Waals surface area contributed by atoms with Crippen LogP contribution in [-0.2, 0) is 12.1 Å². The molecule has 1 N–H and O–H groups in total. The number of hydrogen-bond acceptors (Lipinski definition) is 5. The van der Waals surface area contributed by atoms with E-state index in [0.29, 0.717) is 18.8 Å². The monoisotopic (exact) mass is 358 g/mol. The third-order valence-electron chi connectivity index (χ3n) is 3.18. The Morgan fingerprint density at radius 1 is 1.08 bits per heavy atom. The molecule has 25 heavy (non-hydrogen) atoms. The van der Waals surface area contributed by atoms with E-state index in [0.717, 1.165) is 16.6 Å². The number of pyridine rings is 1. The molecule has 0 saturated heterocycles. The van der Waals surface area contributed by atoms with E-state index in [2.05, 4.69) is 25.4 Å². The van der Waals surface area contributed by atoms with Crippen molar-refractivity contribution in [1.29, 1.82) is 0 Å². The maximum atomic E-state index is 13.4. The van der Waals surface area contributed by atoms with Crippen LogP contribution in [0.25, 0.3) is 5.78 Å². The molecule has 0 aliphatic rings. The van der Waals surface area contributed by atoms with Crippen LogP contribution in [-0.4, -0.2) is 24.6 Å². The van der Waals surface area contributed by atoms with E-state index in [1.165, 1.54) is 6.07 Å². The van der Waals surface area contributed by atoms with Crippen LogP contribution in [0.1, 0.15) is 24.0 Å². The van der Waals surface area contributed by atoms with Crippen LogP contribution in [0.4, 0.5) is 33.6 Å². The number of fused-ring (bicyclic) bond motifs is 1. The van der Waals surface area contributed by atoms with Gasteiger partial charge in [0.1, 0.15) is 11.6 Å². The zero-order valence-electron chi connectivity index (χ0n) is 12.9. The molecule has 0 aliphatic heterocycles. The SMILES string of the molecule is Cc1cc(Nc2ccc(C(F)(F)F)cn2)n2nc(C(C)(F)F)nc2n1. The molecule has 0 aliphatic carbocycles. The van der Waals surface area contributed by atoms with Gasteiger partial charge in [0.25, 0.3) is 5.78 Å².